The average molecular weight is 391 g/mol. The summed E-state index contributed by atoms with van der Waals surface area (Å²) in [6.45, 7) is 6.83. The molecule has 6 nitrogen and oxygen atoms in total. The Balaban J connectivity index is 1.53. The first kappa shape index (κ1) is 19.1. The minimum Gasteiger partial charge on any atom is -0.508 e. The second-order valence-corrected chi connectivity index (χ2v) is 8.27. The van der Waals surface area contributed by atoms with E-state index in [1.54, 1.807) is 17.0 Å². The van der Waals surface area contributed by atoms with E-state index in [-0.39, 0.29) is 11.8 Å². The molecule has 1 amide bonds. The molecule has 1 aromatic carbocycles. The van der Waals surface area contributed by atoms with Crippen molar-refractivity contribution in [2.45, 2.75) is 32.8 Å². The largest absolute Gasteiger partial charge is 0.508 e. The first-order valence-electron chi connectivity index (χ1n) is 9.75. The van der Waals surface area contributed by atoms with Crippen molar-refractivity contribution in [2.75, 3.05) is 13.1 Å². The summed E-state index contributed by atoms with van der Waals surface area (Å²) in [5.41, 5.74) is 4.69. The molecule has 0 aliphatic carbocycles. The van der Waals surface area contributed by atoms with Gasteiger partial charge in [0.15, 0.2) is 0 Å². The number of fused-ring (bicyclic) bond motifs is 1. The first-order valence-corrected chi connectivity index (χ1v) is 9.75. The molecule has 0 atom stereocenters. The minimum atomic E-state index is -0.483. The van der Waals surface area contributed by atoms with Gasteiger partial charge in [-0.05, 0) is 80.8 Å². The average Bonchev–Trinajstić information content (AvgIpc) is 3.10. The van der Waals surface area contributed by atoms with E-state index in [2.05, 4.69) is 23.3 Å². The molecule has 0 saturated heterocycles. The summed E-state index contributed by atoms with van der Waals surface area (Å²) in [6.07, 6.45) is 4.57. The van der Waals surface area contributed by atoms with Crippen molar-refractivity contribution in [3.05, 3.63) is 60.3 Å². The second-order valence-electron chi connectivity index (χ2n) is 8.27. The van der Waals surface area contributed by atoms with Crippen molar-refractivity contribution in [2.24, 2.45) is 0 Å². The zero-order valence-corrected chi connectivity index (χ0v) is 16.9. The first-order chi connectivity index (χ1) is 13.8. The van der Waals surface area contributed by atoms with Crippen molar-refractivity contribution < 1.29 is 14.6 Å². The van der Waals surface area contributed by atoms with E-state index in [1.807, 2.05) is 49.7 Å². The Bertz CT molecular complexity index is 1070. The predicted octanol–water partition coefficient (Wildman–Crippen LogP) is 4.73. The molecule has 0 unspecified atom stereocenters. The van der Waals surface area contributed by atoms with Crippen LogP contribution in [0.4, 0.5) is 4.79 Å². The third-order valence-corrected chi connectivity index (χ3v) is 4.86. The van der Waals surface area contributed by atoms with Crippen LogP contribution >= 0.6 is 0 Å². The molecule has 2 aromatic heterocycles. The van der Waals surface area contributed by atoms with E-state index >= 15 is 0 Å². The summed E-state index contributed by atoms with van der Waals surface area (Å²) in [5.74, 6) is 0.240. The SMILES string of the molecule is CC(C)(C)OC(=O)N1CC=C(c2ccn3nc(-c4ccc(O)cc4)cc3c2)CC1. The van der Waals surface area contributed by atoms with Crippen LogP contribution in [0.15, 0.2) is 54.7 Å². The third-order valence-electron chi connectivity index (χ3n) is 4.86. The van der Waals surface area contributed by atoms with Gasteiger partial charge in [0.25, 0.3) is 0 Å². The van der Waals surface area contributed by atoms with Crippen LogP contribution in [0.25, 0.3) is 22.3 Å². The minimum absolute atomic E-state index is 0.240. The van der Waals surface area contributed by atoms with Crippen LogP contribution in [0.1, 0.15) is 32.8 Å². The molecule has 0 spiro atoms. The Morgan fingerprint density at radius 3 is 2.52 bits per heavy atom. The molecule has 4 rings (SSSR count). The van der Waals surface area contributed by atoms with Gasteiger partial charge in [-0.3, -0.25) is 0 Å². The number of pyridine rings is 1. The number of hydrogen-bond acceptors (Lipinski definition) is 4. The van der Waals surface area contributed by atoms with E-state index in [0.717, 1.165) is 28.8 Å². The maximum atomic E-state index is 12.2. The number of carbonyl (C=O) groups excluding carboxylic acids is 1. The van der Waals surface area contributed by atoms with Gasteiger partial charge in [-0.25, -0.2) is 9.31 Å². The summed E-state index contributed by atoms with van der Waals surface area (Å²) in [5, 5.41) is 14.1. The Morgan fingerprint density at radius 2 is 1.86 bits per heavy atom. The number of amides is 1. The summed E-state index contributed by atoms with van der Waals surface area (Å²) in [7, 11) is 0. The molecule has 3 heterocycles. The topological polar surface area (TPSA) is 67.1 Å². The molecule has 0 saturated carbocycles. The lowest BCUT2D eigenvalue weighted by molar-refractivity contribution is 0.0270. The van der Waals surface area contributed by atoms with E-state index in [1.165, 1.54) is 5.57 Å². The van der Waals surface area contributed by atoms with Crippen LogP contribution in [-0.2, 0) is 4.74 Å². The molecule has 6 heteroatoms. The van der Waals surface area contributed by atoms with E-state index in [4.69, 9.17) is 4.74 Å². The normalized spacial score (nSPS) is 14.7. The number of phenols is 1. The van der Waals surface area contributed by atoms with Crippen molar-refractivity contribution >= 4 is 17.2 Å². The molecule has 0 fully saturated rings. The van der Waals surface area contributed by atoms with Crippen molar-refractivity contribution in [1.29, 1.82) is 0 Å². The zero-order valence-electron chi connectivity index (χ0n) is 16.9. The quantitative estimate of drug-likeness (QED) is 0.686. The Kier molecular flexibility index (Phi) is 4.78. The third kappa shape index (κ3) is 4.26. The van der Waals surface area contributed by atoms with Crippen LogP contribution in [0.3, 0.4) is 0 Å². The summed E-state index contributed by atoms with van der Waals surface area (Å²) in [6, 6.07) is 13.2. The highest BCUT2D eigenvalue weighted by Crippen LogP contribution is 2.27. The monoisotopic (exact) mass is 391 g/mol. The zero-order chi connectivity index (χ0) is 20.6. The maximum Gasteiger partial charge on any atom is 0.410 e. The van der Waals surface area contributed by atoms with Crippen LogP contribution in [0.5, 0.6) is 5.75 Å². The van der Waals surface area contributed by atoms with Crippen molar-refractivity contribution in [1.82, 2.24) is 14.5 Å². The van der Waals surface area contributed by atoms with Crippen LogP contribution in [0, 0.1) is 0 Å². The summed E-state index contributed by atoms with van der Waals surface area (Å²) >= 11 is 0. The Morgan fingerprint density at radius 1 is 1.10 bits per heavy atom. The van der Waals surface area contributed by atoms with E-state index in [9.17, 15) is 9.90 Å². The van der Waals surface area contributed by atoms with Crippen LogP contribution < -0.4 is 0 Å². The number of nitrogens with zero attached hydrogens (tertiary/aromatic N) is 3. The Hall–Kier alpha value is -3.28. The lowest BCUT2D eigenvalue weighted by Gasteiger charge is -2.29. The summed E-state index contributed by atoms with van der Waals surface area (Å²) in [4.78, 5) is 14.0. The standard InChI is InChI=1S/C23H25N3O3/c1-23(2,3)29-22(28)25-11-8-16(9-12-25)18-10-13-26-19(14-18)15-21(24-26)17-4-6-20(27)7-5-17/h4-8,10,13-15,27H,9,11-12H2,1-3H3. The van der Waals surface area contributed by atoms with E-state index in [0.29, 0.717) is 13.1 Å². The second kappa shape index (κ2) is 7.28. The van der Waals surface area contributed by atoms with Gasteiger partial charge in [0.2, 0.25) is 0 Å². The van der Waals surface area contributed by atoms with Gasteiger partial charge in [-0.15, -0.1) is 0 Å². The molecule has 1 N–H and O–H groups in total. The lowest BCUT2D eigenvalue weighted by atomic mass is 10.00. The number of carbonyl (C=O) groups is 1. The highest BCUT2D eigenvalue weighted by atomic mass is 16.6. The number of aromatic hydroxyl groups is 1. The molecule has 0 radical (unpaired) electrons. The number of phenolic OH excluding ortho intramolecular Hbond substituents is 1. The van der Waals surface area contributed by atoms with E-state index < -0.39 is 5.60 Å². The van der Waals surface area contributed by atoms with Crippen molar-refractivity contribution in [3.8, 4) is 17.0 Å². The highest BCUT2D eigenvalue weighted by Gasteiger charge is 2.24. The maximum absolute atomic E-state index is 12.2. The Labute approximate surface area is 170 Å². The number of benzene rings is 1. The predicted molar refractivity (Wildman–Crippen MR) is 113 cm³/mol. The van der Waals surface area contributed by atoms with Crippen LogP contribution in [0.2, 0.25) is 0 Å². The molecular weight excluding hydrogens is 366 g/mol. The molecule has 1 aliphatic rings. The van der Waals surface area contributed by atoms with Gasteiger partial charge in [0.1, 0.15) is 11.4 Å². The molecular formula is C23H25N3O3. The highest BCUT2D eigenvalue weighted by molar-refractivity contribution is 5.75. The number of ether oxygens (including phenoxy) is 1. The fourth-order valence-corrected chi connectivity index (χ4v) is 3.39. The lowest BCUT2D eigenvalue weighted by Crippen LogP contribution is -2.39. The number of rotatable bonds is 2. The van der Waals surface area contributed by atoms with Crippen LogP contribution in [-0.4, -0.2) is 44.4 Å². The number of aromatic nitrogens is 2. The molecule has 150 valence electrons. The molecule has 0 bridgehead atoms. The molecule has 1 aliphatic heterocycles. The summed E-state index contributed by atoms with van der Waals surface area (Å²) < 4.78 is 7.31. The fourth-order valence-electron chi connectivity index (χ4n) is 3.39. The molecule has 29 heavy (non-hydrogen) atoms. The van der Waals surface area contributed by atoms with Gasteiger partial charge >= 0.3 is 6.09 Å². The van der Waals surface area contributed by atoms with Gasteiger partial charge < -0.3 is 14.7 Å². The number of hydrogen-bond donors (Lipinski definition) is 1. The molecule has 3 aromatic rings. The van der Waals surface area contributed by atoms with Gasteiger partial charge in [0, 0.05) is 24.8 Å². The van der Waals surface area contributed by atoms with Gasteiger partial charge in [-0.1, -0.05) is 6.08 Å². The van der Waals surface area contributed by atoms with Gasteiger partial charge in [0.05, 0.1) is 11.2 Å². The van der Waals surface area contributed by atoms with Crippen molar-refractivity contribution in [3.63, 3.8) is 0 Å². The smallest absolute Gasteiger partial charge is 0.410 e. The fraction of sp³-hybridized carbons (Fsp3) is 0.304. The van der Waals surface area contributed by atoms with Gasteiger partial charge in [-0.2, -0.15) is 5.10 Å².